The third kappa shape index (κ3) is 7.28. The molecule has 1 unspecified atom stereocenters. The topological polar surface area (TPSA) is 55.8 Å². The number of hydrogen-bond acceptors (Lipinski definition) is 4. The van der Waals surface area contributed by atoms with Crippen molar-refractivity contribution in [3.63, 3.8) is 0 Å². The molecule has 0 spiro atoms. The molecule has 40 heavy (non-hydrogen) atoms. The number of rotatable bonds is 11. The Kier molecular flexibility index (Phi) is 10.7. The minimum atomic E-state index is -1.13. The van der Waals surface area contributed by atoms with Gasteiger partial charge in [-0.25, -0.2) is 8.78 Å². The number of ether oxygens (including phenoxy) is 2. The molecule has 218 valence electrons. The summed E-state index contributed by atoms with van der Waals surface area (Å²) in [4.78, 5) is 12.8. The molecule has 1 N–H and O–H groups in total. The monoisotopic (exact) mass is 558 g/mol. The zero-order valence-corrected chi connectivity index (χ0v) is 23.3. The minimum Gasteiger partial charge on any atom is -0.493 e. The number of carbonyl (C=O) groups is 1. The standard InChI is InChI=1S/C33H41F3O4/c1-3-5-19-39-25-15-16-26(28(34)20-25)21-9-13-24(14-10-21)33(38)40-30-18-17-27(31(35)32(30)36)22-7-11-23(12-8-22)29(37)6-4-2/h3,15-18,20-24,29,37H,1,4-14,19H2,2H3. The third-order valence-corrected chi connectivity index (χ3v) is 8.69. The number of hydrogen-bond donors (Lipinski definition) is 1. The van der Waals surface area contributed by atoms with Crippen molar-refractivity contribution < 1.29 is 32.5 Å². The van der Waals surface area contributed by atoms with Crippen LogP contribution in [0, 0.1) is 29.3 Å². The molecule has 0 aliphatic heterocycles. The highest BCUT2D eigenvalue weighted by Crippen LogP contribution is 2.41. The molecular weight excluding hydrogens is 517 g/mol. The Bertz CT molecular complexity index is 1150. The lowest BCUT2D eigenvalue weighted by Gasteiger charge is -2.32. The van der Waals surface area contributed by atoms with Gasteiger partial charge in [-0.3, -0.25) is 4.79 Å². The number of carbonyl (C=O) groups excluding carboxylic acids is 1. The van der Waals surface area contributed by atoms with E-state index in [0.29, 0.717) is 68.4 Å². The third-order valence-electron chi connectivity index (χ3n) is 8.69. The molecule has 2 aliphatic carbocycles. The fraction of sp³-hybridized carbons (Fsp3) is 0.545. The second-order valence-electron chi connectivity index (χ2n) is 11.3. The van der Waals surface area contributed by atoms with Gasteiger partial charge >= 0.3 is 5.97 Å². The van der Waals surface area contributed by atoms with Crippen LogP contribution in [-0.4, -0.2) is 23.8 Å². The van der Waals surface area contributed by atoms with Gasteiger partial charge in [0.15, 0.2) is 11.6 Å². The molecule has 2 saturated carbocycles. The van der Waals surface area contributed by atoms with E-state index in [1.807, 2.05) is 6.92 Å². The average Bonchev–Trinajstić information content (AvgIpc) is 2.96. The predicted molar refractivity (Wildman–Crippen MR) is 149 cm³/mol. The van der Waals surface area contributed by atoms with E-state index in [1.54, 1.807) is 18.2 Å². The van der Waals surface area contributed by atoms with Crippen LogP contribution in [0.3, 0.4) is 0 Å². The maximum absolute atomic E-state index is 15.0. The molecule has 7 heteroatoms. The first-order chi connectivity index (χ1) is 19.3. The Labute approximate surface area is 235 Å². The van der Waals surface area contributed by atoms with Gasteiger partial charge in [-0.05, 0) is 105 Å². The number of halogens is 3. The van der Waals surface area contributed by atoms with Crippen LogP contribution in [0.15, 0.2) is 43.0 Å². The van der Waals surface area contributed by atoms with Crippen LogP contribution in [0.5, 0.6) is 11.5 Å². The summed E-state index contributed by atoms with van der Waals surface area (Å²) in [5.74, 6) is -3.32. The highest BCUT2D eigenvalue weighted by Gasteiger charge is 2.32. The molecule has 2 fully saturated rings. The van der Waals surface area contributed by atoms with Crippen molar-refractivity contribution in [2.45, 2.75) is 95.5 Å². The van der Waals surface area contributed by atoms with E-state index in [9.17, 15) is 18.7 Å². The lowest BCUT2D eigenvalue weighted by Crippen LogP contribution is -2.26. The fourth-order valence-electron chi connectivity index (χ4n) is 6.31. The summed E-state index contributed by atoms with van der Waals surface area (Å²) in [6.07, 6.45) is 8.86. The van der Waals surface area contributed by atoms with Crippen LogP contribution in [-0.2, 0) is 4.79 Å². The van der Waals surface area contributed by atoms with Gasteiger partial charge < -0.3 is 14.6 Å². The zero-order valence-electron chi connectivity index (χ0n) is 23.3. The molecule has 2 aromatic rings. The second-order valence-corrected chi connectivity index (χ2v) is 11.3. The fourth-order valence-corrected chi connectivity index (χ4v) is 6.31. The Morgan fingerprint density at radius 3 is 2.27 bits per heavy atom. The van der Waals surface area contributed by atoms with Gasteiger partial charge in [-0.15, -0.1) is 6.58 Å². The highest BCUT2D eigenvalue weighted by molar-refractivity contribution is 5.75. The molecule has 0 aromatic heterocycles. The molecule has 0 heterocycles. The first-order valence-electron chi connectivity index (χ1n) is 14.7. The normalized spacial score (nSPS) is 23.8. The van der Waals surface area contributed by atoms with Crippen molar-refractivity contribution in [3.05, 3.63) is 71.6 Å². The van der Waals surface area contributed by atoms with E-state index in [1.165, 1.54) is 18.2 Å². The van der Waals surface area contributed by atoms with Crippen LogP contribution in [0.25, 0.3) is 0 Å². The van der Waals surface area contributed by atoms with Crippen molar-refractivity contribution in [1.82, 2.24) is 0 Å². The van der Waals surface area contributed by atoms with Crippen molar-refractivity contribution >= 4 is 5.97 Å². The molecule has 4 nitrogen and oxygen atoms in total. The van der Waals surface area contributed by atoms with E-state index < -0.39 is 29.3 Å². The van der Waals surface area contributed by atoms with Crippen LogP contribution >= 0.6 is 0 Å². The van der Waals surface area contributed by atoms with Gasteiger partial charge in [0.25, 0.3) is 0 Å². The summed E-state index contributed by atoms with van der Waals surface area (Å²) in [7, 11) is 0. The van der Waals surface area contributed by atoms with Crippen molar-refractivity contribution in [1.29, 1.82) is 0 Å². The number of aliphatic hydroxyl groups excluding tert-OH is 1. The van der Waals surface area contributed by atoms with E-state index in [-0.39, 0.29) is 29.7 Å². The van der Waals surface area contributed by atoms with E-state index in [0.717, 1.165) is 25.7 Å². The molecular formula is C33H41F3O4. The Hall–Kier alpha value is -2.80. The number of esters is 1. The van der Waals surface area contributed by atoms with Crippen LogP contribution in [0.2, 0.25) is 0 Å². The molecule has 0 radical (unpaired) electrons. The maximum atomic E-state index is 15.0. The summed E-state index contributed by atoms with van der Waals surface area (Å²) >= 11 is 0. The molecule has 0 amide bonds. The summed E-state index contributed by atoms with van der Waals surface area (Å²) in [5, 5.41) is 10.3. The second kappa shape index (κ2) is 14.2. The first-order valence-corrected chi connectivity index (χ1v) is 14.7. The van der Waals surface area contributed by atoms with Crippen molar-refractivity contribution in [3.8, 4) is 11.5 Å². The Morgan fingerprint density at radius 2 is 1.62 bits per heavy atom. The van der Waals surface area contributed by atoms with Gasteiger partial charge in [0.2, 0.25) is 5.82 Å². The lowest BCUT2D eigenvalue weighted by atomic mass is 9.76. The van der Waals surface area contributed by atoms with Crippen molar-refractivity contribution in [2.75, 3.05) is 6.61 Å². The molecule has 0 saturated heterocycles. The molecule has 2 aliphatic rings. The summed E-state index contributed by atoms with van der Waals surface area (Å²) in [6.45, 7) is 6.11. The SMILES string of the molecule is C=CCCOc1ccc(C2CCC(C(=O)Oc3ccc(C4CCC(C(O)CCC)CC4)c(F)c3F)CC2)c(F)c1. The quantitative estimate of drug-likeness (QED) is 0.130. The van der Waals surface area contributed by atoms with Gasteiger partial charge in [-0.2, -0.15) is 4.39 Å². The van der Waals surface area contributed by atoms with E-state index in [2.05, 4.69) is 6.58 Å². The van der Waals surface area contributed by atoms with Crippen LogP contribution in [0.1, 0.15) is 101 Å². The van der Waals surface area contributed by atoms with Crippen LogP contribution in [0.4, 0.5) is 13.2 Å². The molecule has 0 bridgehead atoms. The molecule has 2 aromatic carbocycles. The first kappa shape index (κ1) is 30.2. The average molecular weight is 559 g/mol. The largest absolute Gasteiger partial charge is 0.493 e. The maximum Gasteiger partial charge on any atom is 0.314 e. The van der Waals surface area contributed by atoms with Crippen molar-refractivity contribution in [2.24, 2.45) is 11.8 Å². The van der Waals surface area contributed by atoms with Gasteiger partial charge in [0, 0.05) is 6.07 Å². The Morgan fingerprint density at radius 1 is 0.975 bits per heavy atom. The number of benzene rings is 2. The lowest BCUT2D eigenvalue weighted by molar-refractivity contribution is -0.140. The smallest absolute Gasteiger partial charge is 0.314 e. The number of aliphatic hydroxyl groups is 1. The molecule has 4 rings (SSSR count). The zero-order chi connectivity index (χ0) is 28.6. The summed E-state index contributed by atoms with van der Waals surface area (Å²) < 4.78 is 55.6. The van der Waals surface area contributed by atoms with Gasteiger partial charge in [-0.1, -0.05) is 31.6 Å². The van der Waals surface area contributed by atoms with Gasteiger partial charge in [0.1, 0.15) is 11.6 Å². The summed E-state index contributed by atoms with van der Waals surface area (Å²) in [5.41, 5.74) is 0.904. The van der Waals surface area contributed by atoms with E-state index >= 15 is 4.39 Å². The molecule has 1 atom stereocenters. The van der Waals surface area contributed by atoms with Gasteiger partial charge in [0.05, 0.1) is 18.6 Å². The summed E-state index contributed by atoms with van der Waals surface area (Å²) in [6, 6.07) is 7.76. The van der Waals surface area contributed by atoms with Crippen LogP contribution < -0.4 is 9.47 Å². The Balaban J connectivity index is 1.30. The minimum absolute atomic E-state index is 0.0297. The highest BCUT2D eigenvalue weighted by atomic mass is 19.2. The predicted octanol–water partition coefficient (Wildman–Crippen LogP) is 8.37. The van der Waals surface area contributed by atoms with E-state index in [4.69, 9.17) is 9.47 Å².